The maximum Gasteiger partial charge on any atom is 0.209 e. The summed E-state index contributed by atoms with van der Waals surface area (Å²) >= 11 is 5.96. The average molecular weight is 475 g/mol. The maximum atomic E-state index is 13.0. The Morgan fingerprint density at radius 2 is 1.79 bits per heavy atom. The molecule has 4 rings (SSSR count). The summed E-state index contributed by atoms with van der Waals surface area (Å²) in [5.74, 6) is 0.494. The van der Waals surface area contributed by atoms with Crippen LogP contribution in [0.25, 0.3) is 0 Å². The fourth-order valence-corrected chi connectivity index (χ4v) is 3.89. The van der Waals surface area contributed by atoms with Crippen LogP contribution in [-0.4, -0.2) is 28.6 Å². The van der Waals surface area contributed by atoms with E-state index in [4.69, 9.17) is 16.3 Å². The smallest absolute Gasteiger partial charge is 0.209 e. The molecule has 0 fully saturated rings. The largest absolute Gasteiger partial charge is 0.485 e. The number of rotatable bonds is 4. The highest BCUT2D eigenvalue weighted by molar-refractivity contribution is 6.30. The van der Waals surface area contributed by atoms with Crippen molar-refractivity contribution in [3.05, 3.63) is 94.5 Å². The van der Waals surface area contributed by atoms with E-state index in [0.717, 1.165) is 0 Å². The molecular formula is C26H23ClN4O3. The molecule has 0 aliphatic carbocycles. The first-order valence-electron chi connectivity index (χ1n) is 10.6. The Bertz CT molecular complexity index is 1270. The van der Waals surface area contributed by atoms with Crippen molar-refractivity contribution in [2.45, 2.75) is 31.6 Å². The van der Waals surface area contributed by atoms with Crippen molar-refractivity contribution in [1.82, 2.24) is 5.32 Å². The van der Waals surface area contributed by atoms with E-state index < -0.39 is 17.7 Å². The quantitative estimate of drug-likeness (QED) is 0.166. The number of hydrogen-bond acceptors (Lipinski definition) is 5. The highest BCUT2D eigenvalue weighted by Gasteiger charge is 2.43. The number of anilines is 1. The molecule has 0 unspecified atom stereocenters. The summed E-state index contributed by atoms with van der Waals surface area (Å²) in [7, 11) is 0. The third kappa shape index (κ3) is 4.88. The predicted octanol–water partition coefficient (Wildman–Crippen LogP) is 4.68. The fourth-order valence-electron chi connectivity index (χ4n) is 3.76. The number of ketones is 1. The number of aliphatic hydroxyl groups is 1. The zero-order valence-electron chi connectivity index (χ0n) is 18.6. The lowest BCUT2D eigenvalue weighted by molar-refractivity contribution is -0.0567. The van der Waals surface area contributed by atoms with E-state index in [0.29, 0.717) is 33.1 Å². The van der Waals surface area contributed by atoms with Crippen molar-refractivity contribution in [2.24, 2.45) is 4.99 Å². The number of aliphatic hydroxyl groups excluding tert-OH is 1. The molecule has 8 heteroatoms. The number of nitrogens with one attached hydrogen (secondary N) is 2. The molecule has 0 saturated carbocycles. The van der Waals surface area contributed by atoms with Gasteiger partial charge in [-0.25, -0.2) is 4.99 Å². The Labute approximate surface area is 202 Å². The predicted molar refractivity (Wildman–Crippen MR) is 131 cm³/mol. The first-order chi connectivity index (χ1) is 16.3. The maximum absolute atomic E-state index is 13.0. The lowest BCUT2D eigenvalue weighted by Gasteiger charge is -2.40. The molecule has 0 spiro atoms. The van der Waals surface area contributed by atoms with Crippen molar-refractivity contribution < 1.29 is 14.6 Å². The Morgan fingerprint density at radius 1 is 1.09 bits per heavy atom. The second-order valence-electron chi connectivity index (χ2n) is 8.39. The molecule has 172 valence electrons. The molecular weight excluding hydrogens is 452 g/mol. The summed E-state index contributed by atoms with van der Waals surface area (Å²) in [4.78, 5) is 17.7. The molecule has 3 aromatic carbocycles. The van der Waals surface area contributed by atoms with Gasteiger partial charge in [0.1, 0.15) is 23.5 Å². The van der Waals surface area contributed by atoms with E-state index in [1.807, 2.05) is 12.3 Å². The van der Waals surface area contributed by atoms with Gasteiger partial charge in [-0.3, -0.25) is 10.1 Å². The highest BCUT2D eigenvalue weighted by Crippen LogP contribution is 2.42. The van der Waals surface area contributed by atoms with E-state index in [-0.39, 0.29) is 11.7 Å². The van der Waals surface area contributed by atoms with Gasteiger partial charge in [0.05, 0.1) is 0 Å². The molecule has 3 N–H and O–H groups in total. The first kappa shape index (κ1) is 23.3. The van der Waals surface area contributed by atoms with Gasteiger partial charge in [0.15, 0.2) is 12.0 Å². The number of benzene rings is 3. The second kappa shape index (κ2) is 9.56. The summed E-state index contributed by atoms with van der Waals surface area (Å²) < 4.78 is 6.02. The molecule has 0 aromatic heterocycles. The molecule has 2 atom stereocenters. The van der Waals surface area contributed by atoms with Gasteiger partial charge in [0, 0.05) is 27.4 Å². The number of fused-ring (bicyclic) bond motifs is 1. The molecule has 0 bridgehead atoms. The van der Waals surface area contributed by atoms with Crippen LogP contribution in [0.3, 0.4) is 0 Å². The van der Waals surface area contributed by atoms with Crippen LogP contribution in [-0.2, 0) is 0 Å². The van der Waals surface area contributed by atoms with Crippen molar-refractivity contribution in [1.29, 1.82) is 5.26 Å². The number of halogens is 1. The number of hydrogen-bond donors (Lipinski definition) is 3. The van der Waals surface area contributed by atoms with Crippen LogP contribution in [0.4, 0.5) is 5.69 Å². The number of nitriles is 1. The standard InChI is InChI=1S/C26H23ClN4O3/c1-26(2)24(33)22(31-25(29-15-28)30-19-11-9-18(27)10-12-19)20-14-17(8-13-21(20)34-26)23(32)16-6-4-3-5-7-16/h3-14,22,24,33H,1-2H3,(H2,29,30,31)/t22-,24+/m1/s1. The van der Waals surface area contributed by atoms with Gasteiger partial charge in [-0.2, -0.15) is 5.26 Å². The molecule has 0 radical (unpaired) electrons. The molecule has 3 aromatic rings. The second-order valence-corrected chi connectivity index (χ2v) is 8.83. The third-order valence-corrected chi connectivity index (χ3v) is 5.81. The monoisotopic (exact) mass is 474 g/mol. The minimum atomic E-state index is -1.05. The Morgan fingerprint density at radius 3 is 2.47 bits per heavy atom. The van der Waals surface area contributed by atoms with Crippen molar-refractivity contribution in [3.8, 4) is 11.9 Å². The number of guanidine groups is 1. The van der Waals surface area contributed by atoms with Crippen molar-refractivity contribution >= 4 is 29.0 Å². The third-order valence-electron chi connectivity index (χ3n) is 5.56. The number of carbonyl (C=O) groups excluding carboxylic acids is 1. The molecule has 7 nitrogen and oxygen atoms in total. The molecule has 1 aliphatic rings. The van der Waals surface area contributed by atoms with Gasteiger partial charge in [0.25, 0.3) is 0 Å². The van der Waals surface area contributed by atoms with Gasteiger partial charge in [0.2, 0.25) is 5.96 Å². The van der Waals surface area contributed by atoms with Crippen LogP contribution in [0.2, 0.25) is 5.02 Å². The zero-order chi connectivity index (χ0) is 24.3. The Hall–Kier alpha value is -3.86. The SMILES string of the molecule is CC1(C)Oc2ccc(C(=O)c3ccccc3)cc2[C@@H](N=C(NC#N)Nc2ccc(Cl)cc2)[C@@H]1O. The van der Waals surface area contributed by atoms with E-state index in [2.05, 4.69) is 15.6 Å². The van der Waals surface area contributed by atoms with E-state index in [1.54, 1.807) is 80.6 Å². The summed E-state index contributed by atoms with van der Waals surface area (Å²) in [5.41, 5.74) is 1.24. The lowest BCUT2D eigenvalue weighted by atomic mass is 9.85. The van der Waals surface area contributed by atoms with Crippen LogP contribution < -0.4 is 15.4 Å². The van der Waals surface area contributed by atoms with Crippen LogP contribution in [0, 0.1) is 11.5 Å². The Kier molecular flexibility index (Phi) is 6.55. The first-order valence-corrected chi connectivity index (χ1v) is 11.0. The van der Waals surface area contributed by atoms with Crippen molar-refractivity contribution in [3.63, 3.8) is 0 Å². The van der Waals surface area contributed by atoms with Crippen LogP contribution in [0.15, 0.2) is 77.8 Å². The fraction of sp³-hybridized carbons (Fsp3) is 0.192. The molecule has 0 saturated heterocycles. The summed E-state index contributed by atoms with van der Waals surface area (Å²) in [5, 5.41) is 26.5. The highest BCUT2D eigenvalue weighted by atomic mass is 35.5. The summed E-state index contributed by atoms with van der Waals surface area (Å²) in [6.45, 7) is 3.52. The topological polar surface area (TPSA) is 107 Å². The molecule has 1 heterocycles. The van der Waals surface area contributed by atoms with Crippen molar-refractivity contribution in [2.75, 3.05) is 5.32 Å². The zero-order valence-corrected chi connectivity index (χ0v) is 19.4. The summed E-state index contributed by atoms with van der Waals surface area (Å²) in [6, 6.07) is 20.1. The van der Waals surface area contributed by atoms with Crippen LogP contribution in [0.5, 0.6) is 5.75 Å². The van der Waals surface area contributed by atoms with Gasteiger partial charge >= 0.3 is 0 Å². The van der Waals surface area contributed by atoms with E-state index >= 15 is 0 Å². The minimum Gasteiger partial charge on any atom is -0.485 e. The number of carbonyl (C=O) groups is 1. The normalized spacial score (nSPS) is 18.7. The lowest BCUT2D eigenvalue weighted by Crippen LogP contribution is -2.49. The van der Waals surface area contributed by atoms with E-state index in [9.17, 15) is 15.2 Å². The van der Waals surface area contributed by atoms with Gasteiger partial charge in [-0.15, -0.1) is 0 Å². The number of aliphatic imine (C=N–C) groups is 1. The van der Waals surface area contributed by atoms with Gasteiger partial charge in [-0.1, -0.05) is 41.9 Å². The minimum absolute atomic E-state index is 0.136. The van der Waals surface area contributed by atoms with Crippen LogP contribution >= 0.6 is 11.6 Å². The molecule has 34 heavy (non-hydrogen) atoms. The number of ether oxygens (including phenoxy) is 1. The Balaban J connectivity index is 1.75. The van der Waals surface area contributed by atoms with Crippen LogP contribution in [0.1, 0.15) is 41.4 Å². The molecule has 0 amide bonds. The van der Waals surface area contributed by atoms with Gasteiger partial charge in [-0.05, 0) is 56.3 Å². The van der Waals surface area contributed by atoms with Gasteiger partial charge < -0.3 is 15.2 Å². The molecule has 1 aliphatic heterocycles. The average Bonchev–Trinajstić information content (AvgIpc) is 2.83. The van der Waals surface area contributed by atoms with E-state index in [1.165, 1.54) is 0 Å². The summed E-state index contributed by atoms with van der Waals surface area (Å²) in [6.07, 6.45) is 0.812. The number of nitrogens with zero attached hydrogens (tertiary/aromatic N) is 2.